The number of thiophene rings is 2. The second-order valence-corrected chi connectivity index (χ2v) is 7.75. The Hall–Kier alpha value is 0.320. The Kier molecular flexibility index (Phi) is 4.01. The first-order chi connectivity index (χ1) is 7.16. The lowest BCUT2D eigenvalue weighted by molar-refractivity contribution is 0.724. The summed E-state index contributed by atoms with van der Waals surface area (Å²) >= 11 is 10.4. The number of nitrogens with two attached hydrogens (primary N) is 1. The molecule has 5 heteroatoms. The molecule has 0 amide bonds. The van der Waals surface area contributed by atoms with Crippen LogP contribution in [0, 0.1) is 0 Å². The summed E-state index contributed by atoms with van der Waals surface area (Å²) in [5, 5.41) is 4.23. The SMILES string of the molecule is NC(Cc1ccsc1)c1cc(Br)sc1Br. The zero-order chi connectivity index (χ0) is 10.8. The maximum atomic E-state index is 6.16. The minimum Gasteiger partial charge on any atom is -0.324 e. The van der Waals surface area contributed by atoms with Crippen molar-refractivity contribution < 1.29 is 0 Å². The zero-order valence-electron chi connectivity index (χ0n) is 7.74. The summed E-state index contributed by atoms with van der Waals surface area (Å²) in [6.07, 6.45) is 0.894. The van der Waals surface area contributed by atoms with Gasteiger partial charge >= 0.3 is 0 Å². The Morgan fingerprint density at radius 3 is 2.73 bits per heavy atom. The smallest absolute Gasteiger partial charge is 0.0758 e. The highest BCUT2D eigenvalue weighted by Gasteiger charge is 2.13. The van der Waals surface area contributed by atoms with Crippen LogP contribution in [0.25, 0.3) is 0 Å². The van der Waals surface area contributed by atoms with Crippen LogP contribution in [-0.4, -0.2) is 0 Å². The van der Waals surface area contributed by atoms with Crippen molar-refractivity contribution in [2.24, 2.45) is 5.73 Å². The van der Waals surface area contributed by atoms with E-state index in [2.05, 4.69) is 54.8 Å². The van der Waals surface area contributed by atoms with Gasteiger partial charge in [-0.25, -0.2) is 0 Å². The Morgan fingerprint density at radius 1 is 1.40 bits per heavy atom. The fourth-order valence-corrected chi connectivity index (χ4v) is 5.06. The molecule has 0 bridgehead atoms. The van der Waals surface area contributed by atoms with Crippen LogP contribution >= 0.6 is 54.5 Å². The van der Waals surface area contributed by atoms with Gasteiger partial charge in [0.1, 0.15) is 0 Å². The molecule has 2 N–H and O–H groups in total. The Balaban J connectivity index is 2.14. The topological polar surface area (TPSA) is 26.0 Å². The molecule has 1 atom stereocenters. The van der Waals surface area contributed by atoms with Gasteiger partial charge < -0.3 is 5.73 Å². The second kappa shape index (κ2) is 5.10. The molecule has 0 radical (unpaired) electrons. The zero-order valence-corrected chi connectivity index (χ0v) is 12.5. The molecule has 80 valence electrons. The van der Waals surface area contributed by atoms with E-state index < -0.39 is 0 Å². The summed E-state index contributed by atoms with van der Waals surface area (Å²) in [7, 11) is 0. The summed E-state index contributed by atoms with van der Waals surface area (Å²) in [5.41, 5.74) is 8.65. The maximum absolute atomic E-state index is 6.16. The predicted molar refractivity (Wildman–Crippen MR) is 74.7 cm³/mol. The molecule has 2 rings (SSSR count). The fraction of sp³-hybridized carbons (Fsp3) is 0.200. The molecule has 15 heavy (non-hydrogen) atoms. The van der Waals surface area contributed by atoms with Crippen molar-refractivity contribution in [2.75, 3.05) is 0 Å². The summed E-state index contributed by atoms with van der Waals surface area (Å²) in [5.74, 6) is 0. The van der Waals surface area contributed by atoms with Crippen LogP contribution in [0.2, 0.25) is 0 Å². The normalized spacial score (nSPS) is 13.0. The third kappa shape index (κ3) is 2.91. The molecule has 0 spiro atoms. The molecule has 2 heterocycles. The van der Waals surface area contributed by atoms with E-state index in [1.807, 2.05) is 0 Å². The first kappa shape index (κ1) is 11.8. The quantitative estimate of drug-likeness (QED) is 0.845. The summed E-state index contributed by atoms with van der Waals surface area (Å²) < 4.78 is 2.24. The van der Waals surface area contributed by atoms with Gasteiger partial charge in [0.05, 0.1) is 7.57 Å². The van der Waals surface area contributed by atoms with Gasteiger partial charge in [-0.15, -0.1) is 11.3 Å². The minimum atomic E-state index is 0.0662. The number of rotatable bonds is 3. The van der Waals surface area contributed by atoms with Crippen LogP contribution in [0.4, 0.5) is 0 Å². The molecule has 0 saturated carbocycles. The van der Waals surface area contributed by atoms with Crippen molar-refractivity contribution >= 4 is 54.5 Å². The average molecular weight is 367 g/mol. The Labute approximate surface area is 114 Å². The highest BCUT2D eigenvalue weighted by Crippen LogP contribution is 2.35. The van der Waals surface area contributed by atoms with Crippen LogP contribution in [0.5, 0.6) is 0 Å². The summed E-state index contributed by atoms with van der Waals surface area (Å²) in [4.78, 5) is 0. The van der Waals surface area contributed by atoms with Gasteiger partial charge in [0.15, 0.2) is 0 Å². The Morgan fingerprint density at radius 2 is 2.20 bits per heavy atom. The maximum Gasteiger partial charge on any atom is 0.0758 e. The third-order valence-corrected chi connectivity index (χ3v) is 5.24. The lowest BCUT2D eigenvalue weighted by Crippen LogP contribution is -2.12. The van der Waals surface area contributed by atoms with E-state index in [0.717, 1.165) is 14.0 Å². The van der Waals surface area contributed by atoms with E-state index in [0.29, 0.717) is 0 Å². The molecule has 0 aliphatic carbocycles. The predicted octanol–water partition coefficient (Wildman–Crippen LogP) is 4.58. The van der Waals surface area contributed by atoms with E-state index >= 15 is 0 Å². The van der Waals surface area contributed by atoms with Crippen molar-refractivity contribution in [3.8, 4) is 0 Å². The highest BCUT2D eigenvalue weighted by molar-refractivity contribution is 9.12. The van der Waals surface area contributed by atoms with Crippen molar-refractivity contribution in [3.63, 3.8) is 0 Å². The van der Waals surface area contributed by atoms with Gasteiger partial charge in [0.25, 0.3) is 0 Å². The van der Waals surface area contributed by atoms with Gasteiger partial charge in [0.2, 0.25) is 0 Å². The second-order valence-electron chi connectivity index (χ2n) is 3.22. The first-order valence-electron chi connectivity index (χ1n) is 4.38. The first-order valence-corrected chi connectivity index (χ1v) is 7.72. The van der Waals surface area contributed by atoms with E-state index in [4.69, 9.17) is 5.73 Å². The summed E-state index contributed by atoms with van der Waals surface area (Å²) in [6, 6.07) is 4.28. The summed E-state index contributed by atoms with van der Waals surface area (Å²) in [6.45, 7) is 0. The lowest BCUT2D eigenvalue weighted by atomic mass is 10.1. The molecule has 0 aliphatic heterocycles. The van der Waals surface area contributed by atoms with Crippen molar-refractivity contribution in [3.05, 3.63) is 41.6 Å². The molecule has 1 unspecified atom stereocenters. The van der Waals surface area contributed by atoms with Gasteiger partial charge in [-0.1, -0.05) is 0 Å². The molecular weight excluding hydrogens is 358 g/mol. The van der Waals surface area contributed by atoms with Gasteiger partial charge in [-0.3, -0.25) is 0 Å². The van der Waals surface area contributed by atoms with Crippen LogP contribution in [0.15, 0.2) is 30.5 Å². The lowest BCUT2D eigenvalue weighted by Gasteiger charge is -2.09. The molecule has 2 aromatic rings. The van der Waals surface area contributed by atoms with E-state index in [-0.39, 0.29) is 6.04 Å². The van der Waals surface area contributed by atoms with E-state index in [1.54, 1.807) is 22.7 Å². The Bertz CT molecular complexity index is 436. The van der Waals surface area contributed by atoms with Crippen LogP contribution in [0.1, 0.15) is 17.2 Å². The molecule has 0 fully saturated rings. The van der Waals surface area contributed by atoms with E-state index in [1.165, 1.54) is 11.1 Å². The third-order valence-electron chi connectivity index (χ3n) is 2.12. The molecule has 2 aromatic heterocycles. The number of hydrogen-bond donors (Lipinski definition) is 1. The van der Waals surface area contributed by atoms with Crippen LogP contribution in [-0.2, 0) is 6.42 Å². The van der Waals surface area contributed by atoms with Crippen molar-refractivity contribution in [1.82, 2.24) is 0 Å². The minimum absolute atomic E-state index is 0.0662. The van der Waals surface area contributed by atoms with Crippen LogP contribution < -0.4 is 5.73 Å². The average Bonchev–Trinajstić information content (AvgIpc) is 2.75. The molecule has 0 aromatic carbocycles. The highest BCUT2D eigenvalue weighted by atomic mass is 79.9. The number of hydrogen-bond acceptors (Lipinski definition) is 3. The monoisotopic (exact) mass is 365 g/mol. The standard InChI is InChI=1S/C10H9Br2NS2/c11-9-4-7(10(12)15-9)8(13)3-6-1-2-14-5-6/h1-2,4-5,8H,3,13H2. The molecule has 0 aliphatic rings. The fourth-order valence-electron chi connectivity index (χ4n) is 1.38. The van der Waals surface area contributed by atoms with Crippen molar-refractivity contribution in [2.45, 2.75) is 12.5 Å². The van der Waals surface area contributed by atoms with Gasteiger partial charge in [-0.05, 0) is 72.3 Å². The van der Waals surface area contributed by atoms with Crippen LogP contribution in [0.3, 0.4) is 0 Å². The van der Waals surface area contributed by atoms with Gasteiger partial charge in [0, 0.05) is 6.04 Å². The number of halogens is 2. The van der Waals surface area contributed by atoms with E-state index in [9.17, 15) is 0 Å². The molecular formula is C10H9Br2NS2. The largest absolute Gasteiger partial charge is 0.324 e. The van der Waals surface area contributed by atoms with Gasteiger partial charge in [-0.2, -0.15) is 11.3 Å². The van der Waals surface area contributed by atoms with Crippen molar-refractivity contribution in [1.29, 1.82) is 0 Å². The molecule has 1 nitrogen and oxygen atoms in total. The molecule has 0 saturated heterocycles.